The summed E-state index contributed by atoms with van der Waals surface area (Å²) in [5.74, 6) is 2.08. The van der Waals surface area contributed by atoms with Gasteiger partial charge in [0, 0.05) is 98.6 Å². The molecule has 0 amide bonds. The number of aromatic nitrogens is 6. The van der Waals surface area contributed by atoms with Gasteiger partial charge in [-0.25, -0.2) is 9.97 Å². The molecule has 2 unspecified atom stereocenters. The van der Waals surface area contributed by atoms with Crippen LogP contribution < -0.4 is 25.2 Å². The SMILES string of the molecule is CC(=O)CC(NCC1CCCCC1)c1ccc2c(c1)nc(-c1ccc(N(CCO)CCO)cc1)n2CCc1ccc(CO)cc1.CC(=O)CC(NCc1ccc2[nH]ncc2c1)c1ccc2c(c1)nc(-c1ccc(N(CCO)CCO)cc1)n2Cc1ccc(OC(F)(F)F)cc1. The molecule has 3 heterocycles. The van der Waals surface area contributed by atoms with Crippen LogP contribution in [-0.2, 0) is 42.3 Å². The predicted molar refractivity (Wildman–Crippen MR) is 365 cm³/mol. The first-order valence-electron chi connectivity index (χ1n) is 32.6. The summed E-state index contributed by atoms with van der Waals surface area (Å²) < 4.78 is 46.7. The number of aryl methyl sites for hydroxylation is 2. The van der Waals surface area contributed by atoms with Gasteiger partial charge in [-0.3, -0.25) is 14.7 Å². The van der Waals surface area contributed by atoms with Crippen molar-refractivity contribution in [2.24, 2.45) is 5.92 Å². The van der Waals surface area contributed by atoms with E-state index >= 15 is 0 Å². The lowest BCUT2D eigenvalue weighted by molar-refractivity contribution is -0.274. The second kappa shape index (κ2) is 33.0. The van der Waals surface area contributed by atoms with Gasteiger partial charge in [0.2, 0.25) is 0 Å². The highest BCUT2D eigenvalue weighted by Crippen LogP contribution is 2.34. The summed E-state index contributed by atoms with van der Waals surface area (Å²) in [6, 6.07) is 47.6. The lowest BCUT2D eigenvalue weighted by Crippen LogP contribution is -2.29. The van der Waals surface area contributed by atoms with E-state index in [9.17, 15) is 48.3 Å². The highest BCUT2D eigenvalue weighted by molar-refractivity contribution is 5.84. The van der Waals surface area contributed by atoms with Crippen molar-refractivity contribution in [1.82, 2.24) is 39.9 Å². The summed E-state index contributed by atoms with van der Waals surface area (Å²) in [7, 11) is 0. The minimum Gasteiger partial charge on any atom is -0.406 e. The Morgan fingerprint density at radius 2 is 1.11 bits per heavy atom. The molecule has 8 N–H and O–H groups in total. The number of rotatable bonds is 31. The Morgan fingerprint density at radius 1 is 0.600 bits per heavy atom. The van der Waals surface area contributed by atoms with E-state index in [1.807, 2.05) is 99.3 Å². The van der Waals surface area contributed by atoms with Gasteiger partial charge >= 0.3 is 6.36 Å². The number of carbonyl (C=O) groups is 2. The van der Waals surface area contributed by atoms with E-state index in [-0.39, 0.29) is 68.9 Å². The normalized spacial score (nSPS) is 13.5. The van der Waals surface area contributed by atoms with E-state index in [0.717, 1.165) is 103 Å². The van der Waals surface area contributed by atoms with Gasteiger partial charge in [-0.15, -0.1) is 13.2 Å². The number of benzene rings is 7. The molecular weight excluding hydrogens is 1210 g/mol. The van der Waals surface area contributed by atoms with Crippen molar-refractivity contribution in [3.05, 3.63) is 191 Å². The molecule has 1 saturated carbocycles. The third-order valence-electron chi connectivity index (χ3n) is 17.6. The summed E-state index contributed by atoms with van der Waals surface area (Å²) in [6.45, 7) is 7.29. The largest absolute Gasteiger partial charge is 0.573 e. The van der Waals surface area contributed by atoms with Crippen LogP contribution in [0.2, 0.25) is 0 Å². The number of aliphatic hydroxyl groups excluding tert-OH is 5. The number of H-pyrrole nitrogens is 1. The summed E-state index contributed by atoms with van der Waals surface area (Å²) in [5.41, 5.74) is 13.8. The number of fused-ring (bicyclic) bond motifs is 3. The van der Waals surface area contributed by atoms with E-state index in [1.165, 1.54) is 49.8 Å². The second-order valence-electron chi connectivity index (χ2n) is 24.5. The van der Waals surface area contributed by atoms with Gasteiger partial charge in [0.1, 0.15) is 29.0 Å². The van der Waals surface area contributed by atoms with Crippen LogP contribution in [0, 0.1) is 5.92 Å². The molecule has 0 aliphatic heterocycles. The monoisotopic (exact) mass is 1300 g/mol. The Labute approximate surface area is 551 Å². The molecule has 1 fully saturated rings. The van der Waals surface area contributed by atoms with Crippen LogP contribution in [0.3, 0.4) is 0 Å². The predicted octanol–water partition coefficient (Wildman–Crippen LogP) is 11.5. The first kappa shape index (κ1) is 69.0. The third-order valence-corrected chi connectivity index (χ3v) is 17.6. The third kappa shape index (κ3) is 18.6. The number of alkyl halides is 3. The van der Waals surface area contributed by atoms with E-state index in [1.54, 1.807) is 32.2 Å². The van der Waals surface area contributed by atoms with Crippen LogP contribution in [0.1, 0.15) is 104 Å². The number of aromatic amines is 1. The van der Waals surface area contributed by atoms with E-state index in [2.05, 4.69) is 72.6 Å². The Morgan fingerprint density at radius 3 is 1.63 bits per heavy atom. The number of imidazole rings is 2. The van der Waals surface area contributed by atoms with Gasteiger partial charge in [0.15, 0.2) is 0 Å². The van der Waals surface area contributed by atoms with E-state index in [4.69, 9.17) is 9.97 Å². The van der Waals surface area contributed by atoms with Crippen molar-refractivity contribution in [3.63, 3.8) is 0 Å². The fraction of sp³-hybridized carbons (Fsp3) is 0.365. The zero-order valence-corrected chi connectivity index (χ0v) is 53.8. The number of ether oxygens (including phenoxy) is 1. The fourth-order valence-corrected chi connectivity index (χ4v) is 12.7. The Bertz CT molecular complexity index is 4080. The molecule has 3 aromatic heterocycles. The first-order valence-corrected chi connectivity index (χ1v) is 32.6. The number of hydrogen-bond acceptors (Lipinski definition) is 15. The van der Waals surface area contributed by atoms with Crippen molar-refractivity contribution in [1.29, 1.82) is 0 Å². The molecule has 1 aliphatic carbocycles. The van der Waals surface area contributed by atoms with Crippen LogP contribution in [0.15, 0.2) is 158 Å². The van der Waals surface area contributed by atoms with Crippen LogP contribution in [0.5, 0.6) is 5.75 Å². The second-order valence-corrected chi connectivity index (χ2v) is 24.5. The number of carbonyl (C=O) groups excluding carboxylic acids is 2. The van der Waals surface area contributed by atoms with Crippen LogP contribution in [-0.4, -0.2) is 132 Å². The van der Waals surface area contributed by atoms with Gasteiger partial charge < -0.3 is 59.8 Å². The topological polar surface area (TPSA) is 239 Å². The number of ketones is 2. The standard InChI is InChI=1S/C37H37F3N6O4.C37H48N4O4/c1-24(49)18-33(41-21-26-4-12-32-29(19-26)22-42-44-32)28-7-13-35-34(20-28)43-36(27-5-8-30(9-6-27)45(14-16-47)15-17-48)46(35)23-25-2-10-31(11-3-25)50-37(38,39)40;1-27(45)23-34(38-25-29-5-3-2-4-6-29)32-13-16-36-35(24-32)39-37(41(36)18-17-28-7-9-30(26-44)10-8-28)31-11-14-33(15-12-31)40(19-21-42)20-22-43/h2-13,19-20,22,33,41,47-48H,14-18,21,23H2,1H3,(H,42,44);7-16,24,29,34,38,42-44H,2-6,17-23,25-26H2,1H3. The molecule has 10 aromatic rings. The highest BCUT2D eigenvalue weighted by Gasteiger charge is 2.31. The van der Waals surface area contributed by atoms with Crippen LogP contribution >= 0.6 is 0 Å². The molecule has 21 heteroatoms. The number of anilines is 2. The molecule has 0 radical (unpaired) electrons. The van der Waals surface area contributed by atoms with Gasteiger partial charge in [0.05, 0.1) is 66.8 Å². The average Bonchev–Trinajstić information content (AvgIpc) is 1.64. The molecular formula is C74H85F3N10O8. The highest BCUT2D eigenvalue weighted by atomic mass is 19.4. The molecule has 11 rings (SSSR count). The molecule has 0 saturated heterocycles. The maximum atomic E-state index is 12.8. The maximum absolute atomic E-state index is 12.8. The average molecular weight is 1300 g/mol. The number of hydrogen-bond donors (Lipinski definition) is 8. The minimum absolute atomic E-state index is 0.0132. The van der Waals surface area contributed by atoms with Gasteiger partial charge in [-0.05, 0) is 176 Å². The minimum atomic E-state index is -4.79. The van der Waals surface area contributed by atoms with Crippen molar-refractivity contribution in [2.45, 2.75) is 110 Å². The smallest absolute Gasteiger partial charge is 0.406 e. The Kier molecular flexibility index (Phi) is 24.0. The molecule has 0 spiro atoms. The van der Waals surface area contributed by atoms with E-state index < -0.39 is 6.36 Å². The van der Waals surface area contributed by atoms with Crippen molar-refractivity contribution >= 4 is 55.9 Å². The zero-order valence-electron chi connectivity index (χ0n) is 53.8. The summed E-state index contributed by atoms with van der Waals surface area (Å²) in [5, 5.41) is 62.7. The lowest BCUT2D eigenvalue weighted by atomic mass is 9.89. The van der Waals surface area contributed by atoms with E-state index in [0.29, 0.717) is 62.9 Å². The Hall–Kier alpha value is -8.80. The van der Waals surface area contributed by atoms with Crippen molar-refractivity contribution in [3.8, 4) is 28.5 Å². The quantitative estimate of drug-likeness (QED) is 0.0202. The Balaban J connectivity index is 0.000000208. The van der Waals surface area contributed by atoms with Gasteiger partial charge in [-0.1, -0.05) is 73.9 Å². The summed E-state index contributed by atoms with van der Waals surface area (Å²) in [4.78, 5) is 38.7. The van der Waals surface area contributed by atoms with Crippen LogP contribution in [0.4, 0.5) is 24.5 Å². The molecule has 2 atom stereocenters. The van der Waals surface area contributed by atoms with Crippen molar-refractivity contribution < 1.29 is 53.0 Å². The molecule has 18 nitrogen and oxygen atoms in total. The number of nitrogens with zero attached hydrogens (tertiary/aromatic N) is 7. The number of nitrogens with one attached hydrogen (secondary N) is 3. The summed E-state index contributed by atoms with van der Waals surface area (Å²) in [6.07, 6.45) is 4.95. The van der Waals surface area contributed by atoms with Crippen LogP contribution in [0.25, 0.3) is 55.7 Å². The number of aliphatic hydroxyl groups is 5. The molecule has 0 bridgehead atoms. The fourth-order valence-electron chi connectivity index (χ4n) is 12.7. The van der Waals surface area contributed by atoms with Gasteiger partial charge in [-0.2, -0.15) is 5.10 Å². The molecule has 95 heavy (non-hydrogen) atoms. The van der Waals surface area contributed by atoms with Crippen molar-refractivity contribution in [2.75, 3.05) is 69.0 Å². The molecule has 1 aliphatic rings. The zero-order chi connectivity index (χ0) is 66.8. The van der Waals surface area contributed by atoms with Gasteiger partial charge in [0.25, 0.3) is 0 Å². The molecule has 500 valence electrons. The summed E-state index contributed by atoms with van der Waals surface area (Å²) >= 11 is 0. The maximum Gasteiger partial charge on any atom is 0.573 e. The number of halogens is 3. The number of Topliss-reactive ketones (excluding diaryl/α,β-unsaturated/α-hetero) is 2. The lowest BCUT2D eigenvalue weighted by Gasteiger charge is -2.25. The molecule has 7 aromatic carbocycles. The first-order chi connectivity index (χ1) is 46.1.